The Balaban J connectivity index is 1.31. The minimum absolute atomic E-state index is 0.568. The van der Waals surface area contributed by atoms with E-state index in [4.69, 9.17) is 0 Å². The number of rotatable bonds is 7. The van der Waals surface area contributed by atoms with Crippen molar-refractivity contribution in [2.24, 2.45) is 0 Å². The molecule has 27 heavy (non-hydrogen) atoms. The average Bonchev–Trinajstić information content (AvgIpc) is 3.31. The molecule has 0 fully saturated rings. The summed E-state index contributed by atoms with van der Waals surface area (Å²) in [5.74, 6) is 2.97. The normalized spacial score (nSPS) is 11.5. The first-order chi connectivity index (χ1) is 13.2. The van der Waals surface area contributed by atoms with Crippen molar-refractivity contribution >= 4 is 40.6 Å². The minimum atomic E-state index is 0.568. The third-order valence-corrected chi connectivity index (χ3v) is 7.32. The van der Waals surface area contributed by atoms with E-state index in [9.17, 15) is 0 Å². The molecule has 0 saturated heterocycles. The fourth-order valence-corrected chi connectivity index (χ4v) is 5.40. The Hall–Kier alpha value is -1.90. The molecule has 0 N–H and O–H groups in total. The fraction of sp³-hybridized carbons (Fsp3) is 0.263. The van der Waals surface area contributed by atoms with E-state index < -0.39 is 0 Å². The molecule has 3 aromatic heterocycles. The smallest absolute Gasteiger partial charge is 0.233 e. The van der Waals surface area contributed by atoms with Gasteiger partial charge in [0, 0.05) is 30.1 Å². The predicted octanol–water partition coefficient (Wildman–Crippen LogP) is 5.29. The van der Waals surface area contributed by atoms with Crippen LogP contribution in [0.5, 0.6) is 0 Å². The van der Waals surface area contributed by atoms with Gasteiger partial charge in [-0.15, -0.1) is 10.2 Å². The van der Waals surface area contributed by atoms with Crippen molar-refractivity contribution in [3.63, 3.8) is 0 Å². The van der Waals surface area contributed by atoms with Crippen LogP contribution in [0, 0.1) is 0 Å². The van der Waals surface area contributed by atoms with Crippen LogP contribution in [0.25, 0.3) is 5.78 Å². The molecule has 138 valence electrons. The molecular weight excluding hydrogens is 394 g/mol. The molecule has 0 radical (unpaired) electrons. The van der Waals surface area contributed by atoms with E-state index in [2.05, 4.69) is 58.3 Å². The maximum atomic E-state index is 4.51. The largest absolute Gasteiger partial charge is 0.291 e. The van der Waals surface area contributed by atoms with Gasteiger partial charge in [0.1, 0.15) is 0 Å². The number of thioether (sulfide) groups is 2. The van der Waals surface area contributed by atoms with Gasteiger partial charge in [-0.05, 0) is 23.1 Å². The summed E-state index contributed by atoms with van der Waals surface area (Å²) in [5, 5.41) is 8.60. The molecule has 0 atom stereocenters. The Labute approximate surface area is 170 Å². The first kappa shape index (κ1) is 18.5. The molecule has 0 spiro atoms. The van der Waals surface area contributed by atoms with Gasteiger partial charge in [0.15, 0.2) is 8.68 Å². The summed E-state index contributed by atoms with van der Waals surface area (Å²) in [6.45, 7) is 4.43. The predicted molar refractivity (Wildman–Crippen MR) is 113 cm³/mol. The van der Waals surface area contributed by atoms with Crippen LogP contribution in [-0.4, -0.2) is 24.6 Å². The highest BCUT2D eigenvalue weighted by Gasteiger charge is 2.09. The third-order valence-electron chi connectivity index (χ3n) is 4.03. The summed E-state index contributed by atoms with van der Waals surface area (Å²) < 4.78 is 3.90. The molecule has 4 rings (SSSR count). The summed E-state index contributed by atoms with van der Waals surface area (Å²) in [4.78, 5) is 8.76. The number of nitrogens with zero attached hydrogens (tertiary/aromatic N) is 5. The van der Waals surface area contributed by atoms with E-state index in [0.29, 0.717) is 5.92 Å². The van der Waals surface area contributed by atoms with E-state index in [0.717, 1.165) is 31.7 Å². The van der Waals surface area contributed by atoms with Crippen LogP contribution in [0.4, 0.5) is 0 Å². The van der Waals surface area contributed by atoms with Crippen LogP contribution in [0.15, 0.2) is 57.6 Å². The Morgan fingerprint density at radius 2 is 1.78 bits per heavy atom. The summed E-state index contributed by atoms with van der Waals surface area (Å²) in [7, 11) is 0. The molecule has 1 aromatic carbocycles. The summed E-state index contributed by atoms with van der Waals surface area (Å²) in [6.07, 6.45) is 5.72. The first-order valence-corrected chi connectivity index (χ1v) is 11.4. The molecular formula is C19H19N5S3. The topological polar surface area (TPSA) is 56.0 Å². The zero-order valence-corrected chi connectivity index (χ0v) is 17.5. The monoisotopic (exact) mass is 413 g/mol. The maximum absolute atomic E-state index is 4.51. The molecule has 0 bridgehead atoms. The second-order valence-corrected chi connectivity index (χ2v) is 9.79. The van der Waals surface area contributed by atoms with Gasteiger partial charge < -0.3 is 0 Å². The van der Waals surface area contributed by atoms with Crippen LogP contribution >= 0.6 is 34.9 Å². The molecule has 0 aliphatic carbocycles. The molecule has 3 heterocycles. The Morgan fingerprint density at radius 1 is 1.04 bits per heavy atom. The number of imidazole rings is 1. The molecule has 0 aliphatic rings. The van der Waals surface area contributed by atoms with Crippen LogP contribution in [0.1, 0.15) is 36.6 Å². The van der Waals surface area contributed by atoms with E-state index in [1.54, 1.807) is 41.1 Å². The Bertz CT molecular complexity index is 990. The quantitative estimate of drug-likeness (QED) is 0.384. The van der Waals surface area contributed by atoms with Crippen molar-refractivity contribution in [1.29, 1.82) is 0 Å². The van der Waals surface area contributed by atoms with Gasteiger partial charge in [-0.1, -0.05) is 73.0 Å². The van der Waals surface area contributed by atoms with Crippen molar-refractivity contribution in [2.45, 2.75) is 40.0 Å². The van der Waals surface area contributed by atoms with Crippen molar-refractivity contribution in [3.05, 3.63) is 65.7 Å². The van der Waals surface area contributed by atoms with E-state index >= 15 is 0 Å². The molecule has 8 heteroatoms. The van der Waals surface area contributed by atoms with Crippen LogP contribution in [-0.2, 0) is 11.5 Å². The fourth-order valence-electron chi connectivity index (χ4n) is 2.54. The highest BCUT2D eigenvalue weighted by atomic mass is 32.2. The van der Waals surface area contributed by atoms with Gasteiger partial charge in [0.05, 0.1) is 5.69 Å². The highest BCUT2D eigenvalue weighted by molar-refractivity contribution is 8.02. The molecule has 0 unspecified atom stereocenters. The van der Waals surface area contributed by atoms with Gasteiger partial charge in [0.25, 0.3) is 0 Å². The zero-order chi connectivity index (χ0) is 18.6. The van der Waals surface area contributed by atoms with E-state index in [-0.39, 0.29) is 0 Å². The Morgan fingerprint density at radius 3 is 2.48 bits per heavy atom. The molecule has 0 saturated carbocycles. The highest BCUT2D eigenvalue weighted by Crippen LogP contribution is 2.32. The number of hydrogen-bond donors (Lipinski definition) is 0. The lowest BCUT2D eigenvalue weighted by Crippen LogP contribution is -1.87. The van der Waals surface area contributed by atoms with Gasteiger partial charge in [0.2, 0.25) is 5.78 Å². The summed E-state index contributed by atoms with van der Waals surface area (Å²) in [6, 6.07) is 10.7. The summed E-state index contributed by atoms with van der Waals surface area (Å²) in [5.41, 5.74) is 3.68. The van der Waals surface area contributed by atoms with E-state index in [1.807, 2.05) is 22.9 Å². The number of fused-ring (bicyclic) bond motifs is 1. The van der Waals surface area contributed by atoms with Crippen LogP contribution in [0.3, 0.4) is 0 Å². The third kappa shape index (κ3) is 4.69. The standard InChI is InChI=1S/C19H19N5S3/c1-13(2)15-6-4-14(5-7-15)11-25-18-22-23-19(27-18)26-12-16-10-24-9-3-8-20-17(24)21-16/h3-10,13H,11-12H2,1-2H3. The second kappa shape index (κ2) is 8.41. The van der Waals surface area contributed by atoms with Crippen LogP contribution in [0.2, 0.25) is 0 Å². The molecule has 5 nitrogen and oxygen atoms in total. The zero-order valence-electron chi connectivity index (χ0n) is 15.1. The maximum Gasteiger partial charge on any atom is 0.233 e. The van der Waals surface area contributed by atoms with Crippen molar-refractivity contribution in [2.75, 3.05) is 0 Å². The lowest BCUT2D eigenvalue weighted by molar-refractivity contribution is 0.866. The van der Waals surface area contributed by atoms with Crippen molar-refractivity contribution < 1.29 is 0 Å². The molecule has 4 aromatic rings. The van der Waals surface area contributed by atoms with Crippen LogP contribution < -0.4 is 0 Å². The Kier molecular flexibility index (Phi) is 5.75. The van der Waals surface area contributed by atoms with Crippen molar-refractivity contribution in [1.82, 2.24) is 24.6 Å². The summed E-state index contributed by atoms with van der Waals surface area (Å²) >= 11 is 5.04. The lowest BCUT2D eigenvalue weighted by atomic mass is 10.0. The minimum Gasteiger partial charge on any atom is -0.291 e. The van der Waals surface area contributed by atoms with Gasteiger partial charge in [-0.3, -0.25) is 4.40 Å². The van der Waals surface area contributed by atoms with E-state index in [1.165, 1.54) is 11.1 Å². The van der Waals surface area contributed by atoms with Gasteiger partial charge in [-0.25, -0.2) is 9.97 Å². The second-order valence-electron chi connectivity index (χ2n) is 6.37. The number of benzene rings is 1. The number of hydrogen-bond acceptors (Lipinski definition) is 7. The lowest BCUT2D eigenvalue weighted by Gasteiger charge is -2.05. The molecule has 0 aliphatic heterocycles. The van der Waals surface area contributed by atoms with Gasteiger partial charge >= 0.3 is 0 Å². The number of aromatic nitrogens is 5. The van der Waals surface area contributed by atoms with Gasteiger partial charge in [-0.2, -0.15) is 0 Å². The molecule has 0 amide bonds. The average molecular weight is 414 g/mol. The van der Waals surface area contributed by atoms with Crippen molar-refractivity contribution in [3.8, 4) is 0 Å². The SMILES string of the molecule is CC(C)c1ccc(CSc2nnc(SCc3cn4cccnc4n3)s2)cc1. The first-order valence-electron chi connectivity index (χ1n) is 8.64.